The molecular weight excluding hydrogens is 286 g/mol. The molecule has 1 fully saturated rings. The van der Waals surface area contributed by atoms with Gasteiger partial charge in [-0.15, -0.1) is 0 Å². The first-order chi connectivity index (χ1) is 8.61. The first kappa shape index (κ1) is 14.3. The van der Waals surface area contributed by atoms with Crippen molar-refractivity contribution in [3.05, 3.63) is 23.8 Å². The number of halogens is 1. The molecule has 1 N–H and O–H groups in total. The third kappa shape index (κ3) is 3.09. The Kier molecular flexibility index (Phi) is 3.39. The van der Waals surface area contributed by atoms with Gasteiger partial charge in [0.2, 0.25) is 5.91 Å². The summed E-state index contributed by atoms with van der Waals surface area (Å²) >= 11 is 0. The molecule has 1 aromatic rings. The number of hydrogen-bond donors (Lipinski definition) is 1. The maximum Gasteiger partial charge on any atom is 0.261 e. The Morgan fingerprint density at radius 3 is 2.42 bits per heavy atom. The molecule has 2 rings (SSSR count). The van der Waals surface area contributed by atoms with Gasteiger partial charge in [-0.1, -0.05) is 13.8 Å². The molecule has 0 radical (unpaired) electrons. The molecule has 6 heteroatoms. The van der Waals surface area contributed by atoms with Gasteiger partial charge in [-0.2, -0.15) is 0 Å². The van der Waals surface area contributed by atoms with Crippen molar-refractivity contribution in [2.24, 2.45) is 11.3 Å². The molecule has 0 aliphatic heterocycles. The van der Waals surface area contributed by atoms with E-state index in [4.69, 9.17) is 10.7 Å². The molecule has 1 aromatic carbocycles. The predicted octanol–water partition coefficient (Wildman–Crippen LogP) is 2.91. The molecular formula is C13H16ClNO3S. The van der Waals surface area contributed by atoms with Crippen LogP contribution in [-0.2, 0) is 13.8 Å². The average molecular weight is 302 g/mol. The molecule has 104 valence electrons. The molecule has 0 saturated heterocycles. The SMILES string of the molecule is Cc1cc(NC(=O)C2CC2(C)C)ccc1S(=O)(=O)Cl. The Morgan fingerprint density at radius 2 is 2.00 bits per heavy atom. The van der Waals surface area contributed by atoms with Crippen LogP contribution in [0, 0.1) is 18.3 Å². The maximum absolute atomic E-state index is 11.9. The van der Waals surface area contributed by atoms with Crippen LogP contribution in [0.2, 0.25) is 0 Å². The van der Waals surface area contributed by atoms with Crippen LogP contribution in [0.4, 0.5) is 5.69 Å². The topological polar surface area (TPSA) is 63.2 Å². The van der Waals surface area contributed by atoms with Gasteiger partial charge in [0.15, 0.2) is 0 Å². The zero-order valence-corrected chi connectivity index (χ0v) is 12.6. The summed E-state index contributed by atoms with van der Waals surface area (Å²) in [5, 5.41) is 2.80. The van der Waals surface area contributed by atoms with E-state index in [2.05, 4.69) is 5.32 Å². The highest BCUT2D eigenvalue weighted by Gasteiger charge is 2.50. The third-order valence-electron chi connectivity index (χ3n) is 3.54. The van der Waals surface area contributed by atoms with E-state index < -0.39 is 9.05 Å². The Morgan fingerprint density at radius 1 is 1.42 bits per heavy atom. The minimum atomic E-state index is -3.74. The van der Waals surface area contributed by atoms with E-state index in [0.29, 0.717) is 11.3 Å². The molecule has 4 nitrogen and oxygen atoms in total. The van der Waals surface area contributed by atoms with E-state index in [9.17, 15) is 13.2 Å². The largest absolute Gasteiger partial charge is 0.326 e. The second-order valence-corrected chi connectivity index (χ2v) is 8.19. The summed E-state index contributed by atoms with van der Waals surface area (Å²) in [6.07, 6.45) is 0.881. The number of rotatable bonds is 3. The molecule has 0 heterocycles. The second kappa shape index (κ2) is 4.49. The maximum atomic E-state index is 11.9. The van der Waals surface area contributed by atoms with Crippen LogP contribution in [0.3, 0.4) is 0 Å². The molecule has 1 atom stereocenters. The van der Waals surface area contributed by atoms with Crippen molar-refractivity contribution in [1.82, 2.24) is 0 Å². The van der Waals surface area contributed by atoms with Crippen LogP contribution >= 0.6 is 10.7 Å². The summed E-state index contributed by atoms with van der Waals surface area (Å²) < 4.78 is 22.5. The molecule has 0 spiro atoms. The standard InChI is InChI=1S/C13H16ClNO3S/c1-8-6-9(4-5-11(8)19(14,17)18)15-12(16)10-7-13(10,2)3/h4-6,10H,7H2,1-3H3,(H,15,16). The van der Waals surface area contributed by atoms with Crippen molar-refractivity contribution >= 4 is 31.3 Å². The van der Waals surface area contributed by atoms with Gasteiger partial charge in [-0.3, -0.25) is 4.79 Å². The van der Waals surface area contributed by atoms with Crippen molar-refractivity contribution in [1.29, 1.82) is 0 Å². The summed E-state index contributed by atoms with van der Waals surface area (Å²) in [6, 6.07) is 4.57. The molecule has 0 bridgehead atoms. The molecule has 0 aromatic heterocycles. The number of hydrogen-bond acceptors (Lipinski definition) is 3. The monoisotopic (exact) mass is 301 g/mol. The first-order valence-corrected chi connectivity index (χ1v) is 8.28. The fraction of sp³-hybridized carbons (Fsp3) is 0.462. The highest BCUT2D eigenvalue weighted by Crippen LogP contribution is 2.52. The van der Waals surface area contributed by atoms with Gasteiger partial charge in [-0.05, 0) is 42.5 Å². The van der Waals surface area contributed by atoms with Crippen LogP contribution in [0.15, 0.2) is 23.1 Å². The lowest BCUT2D eigenvalue weighted by molar-refractivity contribution is -0.118. The van der Waals surface area contributed by atoms with Crippen molar-refractivity contribution in [2.75, 3.05) is 5.32 Å². The van der Waals surface area contributed by atoms with E-state index in [0.717, 1.165) is 6.42 Å². The smallest absolute Gasteiger partial charge is 0.261 e. The van der Waals surface area contributed by atoms with Crippen molar-refractivity contribution in [3.8, 4) is 0 Å². The molecule has 1 unspecified atom stereocenters. The minimum absolute atomic E-state index is 0.0223. The van der Waals surface area contributed by atoms with E-state index in [1.54, 1.807) is 19.1 Å². The number of anilines is 1. The lowest BCUT2D eigenvalue weighted by Crippen LogP contribution is -2.16. The van der Waals surface area contributed by atoms with Gasteiger partial charge in [0.25, 0.3) is 9.05 Å². The second-order valence-electron chi connectivity index (χ2n) is 5.65. The van der Waals surface area contributed by atoms with Gasteiger partial charge in [0.1, 0.15) is 0 Å². The summed E-state index contributed by atoms with van der Waals surface area (Å²) in [6.45, 7) is 5.74. The molecule has 1 aliphatic rings. The van der Waals surface area contributed by atoms with Gasteiger partial charge < -0.3 is 5.32 Å². The van der Waals surface area contributed by atoms with Crippen LogP contribution in [0.25, 0.3) is 0 Å². The Balaban J connectivity index is 2.16. The van der Waals surface area contributed by atoms with Gasteiger partial charge in [0.05, 0.1) is 4.90 Å². The molecule has 19 heavy (non-hydrogen) atoms. The fourth-order valence-corrected chi connectivity index (χ4v) is 3.34. The highest BCUT2D eigenvalue weighted by molar-refractivity contribution is 8.13. The number of amides is 1. The minimum Gasteiger partial charge on any atom is -0.326 e. The lowest BCUT2D eigenvalue weighted by Gasteiger charge is -2.09. The quantitative estimate of drug-likeness (QED) is 0.873. The average Bonchev–Trinajstić information content (AvgIpc) is 2.86. The van der Waals surface area contributed by atoms with Crippen LogP contribution in [0.1, 0.15) is 25.8 Å². The van der Waals surface area contributed by atoms with Crippen molar-refractivity contribution < 1.29 is 13.2 Å². The molecule has 1 saturated carbocycles. The highest BCUT2D eigenvalue weighted by atomic mass is 35.7. The van der Waals surface area contributed by atoms with Crippen LogP contribution in [-0.4, -0.2) is 14.3 Å². The number of benzene rings is 1. The molecule has 1 amide bonds. The van der Waals surface area contributed by atoms with Gasteiger partial charge in [0, 0.05) is 22.3 Å². The van der Waals surface area contributed by atoms with E-state index in [-0.39, 0.29) is 22.1 Å². The van der Waals surface area contributed by atoms with Crippen molar-refractivity contribution in [2.45, 2.75) is 32.1 Å². The number of carbonyl (C=O) groups is 1. The van der Waals surface area contributed by atoms with E-state index in [1.807, 2.05) is 13.8 Å². The third-order valence-corrected chi connectivity index (χ3v) is 5.02. The Hall–Kier alpha value is -1.07. The first-order valence-electron chi connectivity index (χ1n) is 5.97. The Labute approximate surface area is 117 Å². The zero-order valence-electron chi connectivity index (χ0n) is 11.0. The van der Waals surface area contributed by atoms with Gasteiger partial charge >= 0.3 is 0 Å². The van der Waals surface area contributed by atoms with Crippen LogP contribution < -0.4 is 5.32 Å². The van der Waals surface area contributed by atoms with Crippen LogP contribution in [0.5, 0.6) is 0 Å². The van der Waals surface area contributed by atoms with E-state index >= 15 is 0 Å². The Bertz CT molecular complexity index is 637. The number of carbonyl (C=O) groups excluding carboxylic acids is 1. The summed E-state index contributed by atoms with van der Waals surface area (Å²) in [7, 11) is 1.56. The summed E-state index contributed by atoms with van der Waals surface area (Å²) in [5.41, 5.74) is 1.18. The number of aryl methyl sites for hydroxylation is 1. The summed E-state index contributed by atoms with van der Waals surface area (Å²) in [4.78, 5) is 12.0. The number of nitrogens with one attached hydrogen (secondary N) is 1. The fourth-order valence-electron chi connectivity index (χ4n) is 2.14. The van der Waals surface area contributed by atoms with E-state index in [1.165, 1.54) is 6.07 Å². The molecule has 1 aliphatic carbocycles. The normalized spacial score (nSPS) is 20.9. The van der Waals surface area contributed by atoms with Gasteiger partial charge in [-0.25, -0.2) is 8.42 Å². The zero-order chi connectivity index (χ0) is 14.4. The summed E-state index contributed by atoms with van der Waals surface area (Å²) in [5.74, 6) is 0.00937. The lowest BCUT2D eigenvalue weighted by atomic mass is 10.1. The predicted molar refractivity (Wildman–Crippen MR) is 74.7 cm³/mol. The van der Waals surface area contributed by atoms with Crippen molar-refractivity contribution in [3.63, 3.8) is 0 Å².